The fourth-order valence-electron chi connectivity index (χ4n) is 1.61. The van der Waals surface area contributed by atoms with E-state index in [1.54, 1.807) is 24.3 Å². The lowest BCUT2D eigenvalue weighted by molar-refractivity contribution is -0.141. The number of nitrogens with two attached hydrogens (primary N) is 1. The van der Waals surface area contributed by atoms with Crippen LogP contribution in [0.5, 0.6) is 0 Å². The van der Waals surface area contributed by atoms with Gasteiger partial charge in [-0.2, -0.15) is 0 Å². The Bertz CT molecular complexity index is 415. The maximum absolute atomic E-state index is 11.7. The standard InChI is InChI=1S/C13H18N2O3/c1-2-3-10(13(17)18)8-15-12(16)9-4-6-11(14)7-5-9/h4-7,10H,2-3,8,14H2,1H3,(H,15,16)(H,17,18). The topological polar surface area (TPSA) is 92.4 Å². The molecule has 0 heterocycles. The van der Waals surface area contributed by atoms with Crippen molar-refractivity contribution in [2.75, 3.05) is 12.3 Å². The van der Waals surface area contributed by atoms with Gasteiger partial charge >= 0.3 is 5.97 Å². The SMILES string of the molecule is CCCC(CNC(=O)c1ccc(N)cc1)C(=O)O. The first-order chi connectivity index (χ1) is 8.54. The fourth-order valence-corrected chi connectivity index (χ4v) is 1.61. The molecule has 5 heteroatoms. The number of hydrogen-bond donors (Lipinski definition) is 3. The van der Waals surface area contributed by atoms with Crippen LogP contribution in [0.25, 0.3) is 0 Å². The molecule has 0 spiro atoms. The number of anilines is 1. The van der Waals surface area contributed by atoms with E-state index in [2.05, 4.69) is 5.32 Å². The second-order valence-electron chi connectivity index (χ2n) is 4.16. The largest absolute Gasteiger partial charge is 0.481 e. The number of carboxylic acid groups (broad SMARTS) is 1. The van der Waals surface area contributed by atoms with Crippen molar-refractivity contribution in [2.45, 2.75) is 19.8 Å². The summed E-state index contributed by atoms with van der Waals surface area (Å²) in [6.45, 7) is 2.06. The zero-order valence-corrected chi connectivity index (χ0v) is 10.3. The van der Waals surface area contributed by atoms with Crippen LogP contribution in [0.2, 0.25) is 0 Å². The van der Waals surface area contributed by atoms with Gasteiger partial charge in [0.05, 0.1) is 5.92 Å². The molecule has 0 aliphatic carbocycles. The van der Waals surface area contributed by atoms with Crippen LogP contribution in [0.15, 0.2) is 24.3 Å². The van der Waals surface area contributed by atoms with E-state index in [9.17, 15) is 9.59 Å². The minimum atomic E-state index is -0.880. The van der Waals surface area contributed by atoms with Crippen molar-refractivity contribution in [3.8, 4) is 0 Å². The third-order valence-corrected chi connectivity index (χ3v) is 2.67. The maximum Gasteiger partial charge on any atom is 0.308 e. The number of aliphatic carboxylic acids is 1. The number of carbonyl (C=O) groups excluding carboxylic acids is 1. The van der Waals surface area contributed by atoms with E-state index in [1.165, 1.54) is 0 Å². The van der Waals surface area contributed by atoms with Gasteiger partial charge in [-0.05, 0) is 30.7 Å². The van der Waals surface area contributed by atoms with E-state index in [1.807, 2.05) is 6.92 Å². The normalized spacial score (nSPS) is 11.8. The van der Waals surface area contributed by atoms with Crippen molar-refractivity contribution in [1.82, 2.24) is 5.32 Å². The second-order valence-corrected chi connectivity index (χ2v) is 4.16. The average Bonchev–Trinajstić information content (AvgIpc) is 2.34. The molecule has 5 nitrogen and oxygen atoms in total. The van der Waals surface area contributed by atoms with Gasteiger partial charge in [0.25, 0.3) is 5.91 Å². The van der Waals surface area contributed by atoms with Crippen molar-refractivity contribution in [3.05, 3.63) is 29.8 Å². The number of amides is 1. The summed E-state index contributed by atoms with van der Waals surface area (Å²) in [6.07, 6.45) is 1.33. The summed E-state index contributed by atoms with van der Waals surface area (Å²) in [4.78, 5) is 22.7. The van der Waals surface area contributed by atoms with Gasteiger partial charge in [0.1, 0.15) is 0 Å². The molecule has 1 atom stereocenters. The molecule has 18 heavy (non-hydrogen) atoms. The zero-order chi connectivity index (χ0) is 13.5. The average molecular weight is 250 g/mol. The van der Waals surface area contributed by atoms with Crippen LogP contribution in [0, 0.1) is 5.92 Å². The van der Waals surface area contributed by atoms with Gasteiger partial charge in [0.2, 0.25) is 0 Å². The molecule has 0 aliphatic heterocycles. The number of benzene rings is 1. The van der Waals surface area contributed by atoms with Gasteiger partial charge in [0, 0.05) is 17.8 Å². The van der Waals surface area contributed by atoms with E-state index >= 15 is 0 Å². The Morgan fingerprint density at radius 1 is 1.33 bits per heavy atom. The highest BCUT2D eigenvalue weighted by Crippen LogP contribution is 2.07. The Labute approximate surface area is 106 Å². The predicted molar refractivity (Wildman–Crippen MR) is 69.2 cm³/mol. The van der Waals surface area contributed by atoms with Gasteiger partial charge in [-0.25, -0.2) is 0 Å². The third kappa shape index (κ3) is 4.08. The lowest BCUT2D eigenvalue weighted by Gasteiger charge is -2.12. The molecule has 0 aromatic heterocycles. The van der Waals surface area contributed by atoms with Crippen molar-refractivity contribution in [1.29, 1.82) is 0 Å². The van der Waals surface area contributed by atoms with Gasteiger partial charge < -0.3 is 16.2 Å². The molecule has 1 unspecified atom stereocenters. The summed E-state index contributed by atoms with van der Waals surface area (Å²) in [5, 5.41) is 11.6. The lowest BCUT2D eigenvalue weighted by Crippen LogP contribution is -2.32. The lowest BCUT2D eigenvalue weighted by atomic mass is 10.0. The van der Waals surface area contributed by atoms with Gasteiger partial charge in [-0.1, -0.05) is 13.3 Å². The van der Waals surface area contributed by atoms with E-state index in [4.69, 9.17) is 10.8 Å². The Morgan fingerprint density at radius 3 is 2.44 bits per heavy atom. The summed E-state index contributed by atoms with van der Waals surface area (Å²) < 4.78 is 0. The molecule has 0 bridgehead atoms. The number of carbonyl (C=O) groups is 2. The predicted octanol–water partition coefficient (Wildman–Crippen LogP) is 1.50. The first-order valence-electron chi connectivity index (χ1n) is 5.91. The van der Waals surface area contributed by atoms with Crippen LogP contribution in [0.3, 0.4) is 0 Å². The zero-order valence-electron chi connectivity index (χ0n) is 10.3. The van der Waals surface area contributed by atoms with Crippen LogP contribution in [0.1, 0.15) is 30.1 Å². The number of carboxylic acids is 1. The van der Waals surface area contributed by atoms with E-state index in [0.29, 0.717) is 17.7 Å². The van der Waals surface area contributed by atoms with Gasteiger partial charge in [-0.3, -0.25) is 9.59 Å². The van der Waals surface area contributed by atoms with Crippen molar-refractivity contribution >= 4 is 17.6 Å². The minimum Gasteiger partial charge on any atom is -0.481 e. The fraction of sp³-hybridized carbons (Fsp3) is 0.385. The van der Waals surface area contributed by atoms with E-state index in [-0.39, 0.29) is 12.5 Å². The van der Waals surface area contributed by atoms with Crippen LogP contribution >= 0.6 is 0 Å². The first kappa shape index (κ1) is 14.0. The van der Waals surface area contributed by atoms with Crippen molar-refractivity contribution in [2.24, 2.45) is 5.92 Å². The van der Waals surface area contributed by atoms with E-state index in [0.717, 1.165) is 6.42 Å². The molecule has 0 saturated heterocycles. The summed E-state index contributed by atoms with van der Waals surface area (Å²) >= 11 is 0. The highest BCUT2D eigenvalue weighted by Gasteiger charge is 2.17. The molecule has 0 saturated carbocycles. The quantitative estimate of drug-likeness (QED) is 0.667. The molecule has 98 valence electrons. The molecule has 1 rings (SSSR count). The van der Waals surface area contributed by atoms with Crippen LogP contribution < -0.4 is 11.1 Å². The highest BCUT2D eigenvalue weighted by molar-refractivity contribution is 5.94. The molecule has 0 fully saturated rings. The monoisotopic (exact) mass is 250 g/mol. The Kier molecular flexibility index (Phi) is 5.17. The number of rotatable bonds is 6. The second kappa shape index (κ2) is 6.64. The Balaban J connectivity index is 2.54. The first-order valence-corrected chi connectivity index (χ1v) is 5.91. The van der Waals surface area contributed by atoms with Crippen LogP contribution in [-0.2, 0) is 4.79 Å². The molecule has 1 aromatic carbocycles. The number of nitrogen functional groups attached to an aromatic ring is 1. The van der Waals surface area contributed by atoms with Crippen LogP contribution in [-0.4, -0.2) is 23.5 Å². The van der Waals surface area contributed by atoms with Gasteiger partial charge in [0.15, 0.2) is 0 Å². The third-order valence-electron chi connectivity index (χ3n) is 2.67. The van der Waals surface area contributed by atoms with E-state index < -0.39 is 11.9 Å². The van der Waals surface area contributed by atoms with Gasteiger partial charge in [-0.15, -0.1) is 0 Å². The highest BCUT2D eigenvalue weighted by atomic mass is 16.4. The smallest absolute Gasteiger partial charge is 0.308 e. The van der Waals surface area contributed by atoms with Crippen molar-refractivity contribution in [3.63, 3.8) is 0 Å². The summed E-state index contributed by atoms with van der Waals surface area (Å²) in [6, 6.07) is 6.49. The molecule has 4 N–H and O–H groups in total. The Hall–Kier alpha value is -2.04. The number of nitrogens with one attached hydrogen (secondary N) is 1. The van der Waals surface area contributed by atoms with Crippen molar-refractivity contribution < 1.29 is 14.7 Å². The molecule has 1 amide bonds. The molecule has 0 aliphatic rings. The molecule has 0 radical (unpaired) electrons. The van der Waals surface area contributed by atoms with Crippen LogP contribution in [0.4, 0.5) is 5.69 Å². The number of hydrogen-bond acceptors (Lipinski definition) is 3. The summed E-state index contributed by atoms with van der Waals surface area (Å²) in [5.74, 6) is -1.69. The minimum absolute atomic E-state index is 0.145. The summed E-state index contributed by atoms with van der Waals surface area (Å²) in [7, 11) is 0. The summed E-state index contributed by atoms with van der Waals surface area (Å²) in [5.41, 5.74) is 6.58. The molecular formula is C13H18N2O3. The molecular weight excluding hydrogens is 232 g/mol. The molecule has 1 aromatic rings. The Morgan fingerprint density at radius 2 is 1.94 bits per heavy atom. The maximum atomic E-state index is 11.7.